The van der Waals surface area contributed by atoms with Crippen LogP contribution >= 0.6 is 0 Å². The summed E-state index contributed by atoms with van der Waals surface area (Å²) in [6, 6.07) is 3.75. The van der Waals surface area contributed by atoms with Crippen LogP contribution < -0.4 is 22.5 Å². The quantitative estimate of drug-likeness (QED) is 0.309. The number of benzene rings is 1. The van der Waals surface area contributed by atoms with E-state index in [1.54, 1.807) is 4.90 Å². The molecule has 1 aliphatic rings. The van der Waals surface area contributed by atoms with E-state index >= 15 is 0 Å². The van der Waals surface area contributed by atoms with Gasteiger partial charge in [0.1, 0.15) is 0 Å². The third kappa shape index (κ3) is 4.29. The molecule has 0 radical (unpaired) electrons. The van der Waals surface area contributed by atoms with Crippen LogP contribution in [0.1, 0.15) is 18.1 Å². The van der Waals surface area contributed by atoms with Gasteiger partial charge >= 0.3 is 0 Å². The minimum absolute atomic E-state index is 0.236. The highest BCUT2D eigenvalue weighted by atomic mass is 16.6. The van der Waals surface area contributed by atoms with E-state index in [1.165, 1.54) is 12.2 Å². The maximum absolute atomic E-state index is 12.5. The topological polar surface area (TPSA) is 123 Å². The molecule has 0 aliphatic heterocycles. The molecule has 6 N–H and O–H groups in total. The zero-order chi connectivity index (χ0) is 19.3. The van der Waals surface area contributed by atoms with Crippen molar-refractivity contribution in [1.29, 1.82) is 0 Å². The van der Waals surface area contributed by atoms with E-state index in [0.717, 1.165) is 22.5 Å². The van der Waals surface area contributed by atoms with Gasteiger partial charge in [0.2, 0.25) is 11.6 Å². The Morgan fingerprint density at radius 2 is 1.73 bits per heavy atom. The first-order valence-corrected chi connectivity index (χ1v) is 8.34. The van der Waals surface area contributed by atoms with E-state index in [4.69, 9.17) is 11.7 Å². The molecule has 1 aromatic carbocycles. The van der Waals surface area contributed by atoms with Gasteiger partial charge in [0.25, 0.3) is 0 Å². The number of rotatable bonds is 8. The van der Waals surface area contributed by atoms with Crippen molar-refractivity contribution in [1.82, 2.24) is 4.90 Å². The van der Waals surface area contributed by atoms with Crippen molar-refractivity contribution < 1.29 is 14.4 Å². The Morgan fingerprint density at radius 3 is 2.35 bits per heavy atom. The van der Waals surface area contributed by atoms with Gasteiger partial charge in [0, 0.05) is 30.9 Å². The van der Waals surface area contributed by atoms with Crippen molar-refractivity contribution in [2.75, 3.05) is 30.4 Å². The van der Waals surface area contributed by atoms with Gasteiger partial charge in [-0.2, -0.15) is 0 Å². The molecular formula is C18H25N5O3. The fraction of sp³-hybridized carbons (Fsp3) is 0.333. The maximum Gasteiger partial charge on any atom is 0.204 e. The van der Waals surface area contributed by atoms with Crippen molar-refractivity contribution in [3.8, 4) is 0 Å². The average molecular weight is 359 g/mol. The average Bonchev–Trinajstić information content (AvgIpc) is 2.62. The monoisotopic (exact) mass is 359 g/mol. The van der Waals surface area contributed by atoms with Crippen LogP contribution in [0, 0.1) is 13.8 Å². The van der Waals surface area contributed by atoms with E-state index in [1.807, 2.05) is 32.9 Å². The number of anilines is 2. The number of likely N-dealkylation sites (N-methyl/N-ethyl adjacent to an activating group) is 1. The fourth-order valence-electron chi connectivity index (χ4n) is 2.76. The summed E-state index contributed by atoms with van der Waals surface area (Å²) in [4.78, 5) is 31.3. The third-order valence-corrected chi connectivity index (χ3v) is 4.26. The molecule has 0 fully saturated rings. The zero-order valence-corrected chi connectivity index (χ0v) is 15.3. The first-order valence-electron chi connectivity index (χ1n) is 8.34. The zero-order valence-electron chi connectivity index (χ0n) is 15.3. The lowest BCUT2D eigenvalue weighted by atomic mass is 10.0. The van der Waals surface area contributed by atoms with Crippen LogP contribution in [0.2, 0.25) is 0 Å². The second kappa shape index (κ2) is 8.61. The number of carbonyl (C=O) groups is 2. The number of hydrogen-bond donors (Lipinski definition) is 4. The Kier molecular flexibility index (Phi) is 6.51. The number of ketones is 2. The predicted molar refractivity (Wildman–Crippen MR) is 101 cm³/mol. The van der Waals surface area contributed by atoms with Gasteiger partial charge < -0.3 is 20.5 Å². The van der Waals surface area contributed by atoms with Crippen molar-refractivity contribution in [2.24, 2.45) is 11.7 Å². The predicted octanol–water partition coefficient (Wildman–Crippen LogP) is 1.13. The lowest BCUT2D eigenvalue weighted by Crippen LogP contribution is -2.33. The summed E-state index contributed by atoms with van der Waals surface area (Å²) in [5, 5.41) is 3.06. The molecule has 8 heteroatoms. The Labute approximate surface area is 152 Å². The molecule has 8 nitrogen and oxygen atoms in total. The van der Waals surface area contributed by atoms with Crippen LogP contribution in [0.4, 0.5) is 11.4 Å². The van der Waals surface area contributed by atoms with Crippen LogP contribution in [0.3, 0.4) is 0 Å². The summed E-state index contributed by atoms with van der Waals surface area (Å²) in [6.07, 6.45) is 2.68. The molecule has 26 heavy (non-hydrogen) atoms. The van der Waals surface area contributed by atoms with Crippen molar-refractivity contribution in [2.45, 2.75) is 20.8 Å². The molecule has 0 aromatic heterocycles. The summed E-state index contributed by atoms with van der Waals surface area (Å²) < 4.78 is 0. The first-order chi connectivity index (χ1) is 12.4. The second-order valence-electron chi connectivity index (χ2n) is 6.02. The second-order valence-corrected chi connectivity index (χ2v) is 6.02. The Hall–Kier alpha value is -2.68. The minimum Gasteiger partial charge on any atom is -0.366 e. The highest BCUT2D eigenvalue weighted by molar-refractivity contribution is 6.20. The molecular weight excluding hydrogens is 334 g/mol. The maximum atomic E-state index is 12.5. The molecule has 0 amide bonds. The van der Waals surface area contributed by atoms with Crippen LogP contribution in [0.15, 0.2) is 35.7 Å². The van der Waals surface area contributed by atoms with Gasteiger partial charge in [-0.05, 0) is 44.0 Å². The lowest BCUT2D eigenvalue weighted by molar-refractivity contribution is -0.116. The lowest BCUT2D eigenvalue weighted by Gasteiger charge is -2.26. The first kappa shape index (κ1) is 19.6. The molecule has 0 atom stereocenters. The number of nitrogens with one attached hydrogen (secondary N) is 2. The van der Waals surface area contributed by atoms with E-state index in [-0.39, 0.29) is 23.9 Å². The minimum atomic E-state index is -0.259. The normalized spacial score (nSPS) is 14.0. The smallest absolute Gasteiger partial charge is 0.204 e. The van der Waals surface area contributed by atoms with Gasteiger partial charge in [-0.1, -0.05) is 0 Å². The van der Waals surface area contributed by atoms with Crippen LogP contribution in [-0.4, -0.2) is 36.2 Å². The van der Waals surface area contributed by atoms with E-state index in [0.29, 0.717) is 18.8 Å². The summed E-state index contributed by atoms with van der Waals surface area (Å²) in [6.45, 7) is 6.95. The summed E-state index contributed by atoms with van der Waals surface area (Å²) in [5.41, 5.74) is 6.57. The Bertz CT molecular complexity index is 770. The number of allylic oxidation sites excluding steroid dienone is 2. The highest BCUT2D eigenvalue weighted by Gasteiger charge is 2.24. The molecule has 0 unspecified atom stereocenters. The third-order valence-electron chi connectivity index (χ3n) is 4.26. The number of carbonyl (C=O) groups excluding carboxylic acids is 2. The molecule has 140 valence electrons. The van der Waals surface area contributed by atoms with Gasteiger partial charge in [0.15, 0.2) is 0 Å². The van der Waals surface area contributed by atoms with E-state index in [9.17, 15) is 9.59 Å². The number of aryl methyl sites for hydroxylation is 2. The SMILES string of the molecule is CCN(CCON)C1=CC(=O)C(Nc2cc(C)c(NN)cc2C)=CC1=O. The summed E-state index contributed by atoms with van der Waals surface area (Å²) in [5.74, 6) is 10.0. The van der Waals surface area contributed by atoms with Crippen LogP contribution in [-0.2, 0) is 14.4 Å². The Morgan fingerprint density at radius 1 is 1.08 bits per heavy atom. The molecule has 1 aliphatic carbocycles. The van der Waals surface area contributed by atoms with Crippen molar-refractivity contribution in [3.63, 3.8) is 0 Å². The fourth-order valence-corrected chi connectivity index (χ4v) is 2.76. The molecule has 2 rings (SSSR count). The van der Waals surface area contributed by atoms with Crippen LogP contribution in [0.25, 0.3) is 0 Å². The van der Waals surface area contributed by atoms with Gasteiger partial charge in [0.05, 0.1) is 23.7 Å². The number of nitrogens with zero attached hydrogens (tertiary/aromatic N) is 1. The molecule has 0 bridgehead atoms. The van der Waals surface area contributed by atoms with E-state index in [2.05, 4.69) is 15.6 Å². The highest BCUT2D eigenvalue weighted by Crippen LogP contribution is 2.26. The van der Waals surface area contributed by atoms with Crippen LogP contribution in [0.5, 0.6) is 0 Å². The summed E-state index contributed by atoms with van der Waals surface area (Å²) >= 11 is 0. The number of nitrogen functional groups attached to an aromatic ring is 1. The molecule has 1 aromatic rings. The number of nitrogens with two attached hydrogens (primary N) is 2. The number of hydrazine groups is 1. The van der Waals surface area contributed by atoms with Crippen molar-refractivity contribution >= 4 is 22.9 Å². The summed E-state index contributed by atoms with van der Waals surface area (Å²) in [7, 11) is 0. The molecule has 0 saturated carbocycles. The Balaban J connectivity index is 2.21. The largest absolute Gasteiger partial charge is 0.366 e. The van der Waals surface area contributed by atoms with Gasteiger partial charge in [-0.25, -0.2) is 5.90 Å². The van der Waals surface area contributed by atoms with Gasteiger partial charge in [-0.3, -0.25) is 15.4 Å². The van der Waals surface area contributed by atoms with Crippen molar-refractivity contribution in [3.05, 3.63) is 46.8 Å². The standard InChI is InChI=1S/C18H25N5O3/c1-4-23(5-6-26-20)16-10-17(24)15(9-18(16)25)21-13-7-12(3)14(22-19)8-11(13)2/h7-10,21-22H,4-6,19-20H2,1-3H3. The molecule has 0 saturated heterocycles. The van der Waals surface area contributed by atoms with E-state index < -0.39 is 0 Å². The molecule has 0 heterocycles. The number of hydrogen-bond acceptors (Lipinski definition) is 8. The van der Waals surface area contributed by atoms with Gasteiger partial charge in [-0.15, -0.1) is 0 Å². The molecule has 0 spiro atoms.